The number of fused-ring (bicyclic) bond motifs is 2. The number of rotatable bonds is 4. The van der Waals surface area contributed by atoms with Gasteiger partial charge in [0.15, 0.2) is 0 Å². The Morgan fingerprint density at radius 3 is 2.76 bits per heavy atom. The molecule has 112 valence electrons. The SMILES string of the molecule is O=S(=O)(O)CCCN1c2ccccc2SC2C=CC=CC21. The van der Waals surface area contributed by atoms with E-state index >= 15 is 0 Å². The van der Waals surface area contributed by atoms with Gasteiger partial charge in [-0.05, 0) is 18.6 Å². The van der Waals surface area contributed by atoms with E-state index < -0.39 is 10.1 Å². The zero-order valence-corrected chi connectivity index (χ0v) is 13.1. The normalized spacial score (nSPS) is 23.8. The van der Waals surface area contributed by atoms with Crippen molar-refractivity contribution in [1.82, 2.24) is 0 Å². The third-order valence-corrected chi connectivity index (χ3v) is 5.77. The van der Waals surface area contributed by atoms with Crippen LogP contribution in [0.25, 0.3) is 0 Å². The van der Waals surface area contributed by atoms with Gasteiger partial charge in [-0.2, -0.15) is 8.42 Å². The quantitative estimate of drug-likeness (QED) is 0.864. The number of benzene rings is 1. The van der Waals surface area contributed by atoms with Crippen molar-refractivity contribution in [2.45, 2.75) is 22.6 Å². The fourth-order valence-electron chi connectivity index (χ4n) is 2.75. The van der Waals surface area contributed by atoms with Crippen LogP contribution in [-0.4, -0.2) is 36.6 Å². The Morgan fingerprint density at radius 2 is 1.95 bits per heavy atom. The molecule has 2 atom stereocenters. The lowest BCUT2D eigenvalue weighted by molar-refractivity contribution is 0.480. The molecule has 0 amide bonds. The van der Waals surface area contributed by atoms with Gasteiger partial charge in [0.05, 0.1) is 22.7 Å². The molecule has 2 unspecified atom stereocenters. The minimum Gasteiger partial charge on any atom is -0.363 e. The summed E-state index contributed by atoms with van der Waals surface area (Å²) in [6.07, 6.45) is 8.84. The van der Waals surface area contributed by atoms with E-state index in [0.29, 0.717) is 18.2 Å². The maximum absolute atomic E-state index is 10.9. The lowest BCUT2D eigenvalue weighted by atomic mass is 10.0. The van der Waals surface area contributed by atoms with Crippen LogP contribution in [0.5, 0.6) is 0 Å². The molecular formula is C15H17NO3S2. The molecule has 0 saturated carbocycles. The number of anilines is 1. The van der Waals surface area contributed by atoms with Gasteiger partial charge in [-0.1, -0.05) is 36.4 Å². The largest absolute Gasteiger partial charge is 0.363 e. The van der Waals surface area contributed by atoms with Gasteiger partial charge in [-0.3, -0.25) is 4.55 Å². The molecule has 0 saturated heterocycles. The second kappa shape index (κ2) is 5.87. The molecule has 1 aromatic rings. The van der Waals surface area contributed by atoms with E-state index in [2.05, 4.69) is 35.3 Å². The molecule has 1 heterocycles. The van der Waals surface area contributed by atoms with Crippen molar-refractivity contribution < 1.29 is 13.0 Å². The Bertz CT molecular complexity index is 682. The maximum Gasteiger partial charge on any atom is 0.264 e. The topological polar surface area (TPSA) is 57.6 Å². The number of para-hydroxylation sites is 1. The van der Waals surface area contributed by atoms with E-state index in [4.69, 9.17) is 4.55 Å². The van der Waals surface area contributed by atoms with Crippen LogP contribution in [-0.2, 0) is 10.1 Å². The summed E-state index contributed by atoms with van der Waals surface area (Å²) in [6, 6.07) is 8.41. The van der Waals surface area contributed by atoms with Crippen LogP contribution in [0.2, 0.25) is 0 Å². The van der Waals surface area contributed by atoms with Crippen molar-refractivity contribution in [1.29, 1.82) is 0 Å². The summed E-state index contributed by atoms with van der Waals surface area (Å²) in [6.45, 7) is 0.608. The summed E-state index contributed by atoms with van der Waals surface area (Å²) in [5.41, 5.74) is 1.14. The van der Waals surface area contributed by atoms with Crippen molar-refractivity contribution in [3.8, 4) is 0 Å². The summed E-state index contributed by atoms with van der Waals surface area (Å²) < 4.78 is 30.7. The summed E-state index contributed by atoms with van der Waals surface area (Å²) in [7, 11) is -3.90. The van der Waals surface area contributed by atoms with Crippen LogP contribution in [0.15, 0.2) is 53.5 Å². The smallest absolute Gasteiger partial charge is 0.264 e. The molecule has 0 bridgehead atoms. The second-order valence-corrected chi connectivity index (χ2v) is 7.94. The third-order valence-electron chi connectivity index (χ3n) is 3.66. The van der Waals surface area contributed by atoms with Crippen LogP contribution in [0.3, 0.4) is 0 Å². The van der Waals surface area contributed by atoms with Crippen LogP contribution in [0, 0.1) is 0 Å². The fraction of sp³-hybridized carbons (Fsp3) is 0.333. The molecule has 0 radical (unpaired) electrons. The Morgan fingerprint density at radius 1 is 1.19 bits per heavy atom. The number of hydrogen-bond acceptors (Lipinski definition) is 4. The fourth-order valence-corrected chi connectivity index (χ4v) is 4.55. The monoisotopic (exact) mass is 323 g/mol. The first-order valence-corrected chi connectivity index (χ1v) is 9.36. The molecule has 6 heteroatoms. The van der Waals surface area contributed by atoms with Gasteiger partial charge in [-0.15, -0.1) is 11.8 Å². The van der Waals surface area contributed by atoms with Crippen LogP contribution in [0.1, 0.15) is 6.42 Å². The second-order valence-electron chi connectivity index (χ2n) is 5.14. The van der Waals surface area contributed by atoms with Gasteiger partial charge in [0.25, 0.3) is 10.1 Å². The average molecular weight is 323 g/mol. The first-order chi connectivity index (χ1) is 10.0. The van der Waals surface area contributed by atoms with Gasteiger partial charge in [0.1, 0.15) is 0 Å². The van der Waals surface area contributed by atoms with E-state index in [9.17, 15) is 8.42 Å². The highest BCUT2D eigenvalue weighted by atomic mass is 32.2. The van der Waals surface area contributed by atoms with E-state index in [-0.39, 0.29) is 11.8 Å². The summed E-state index contributed by atoms with van der Waals surface area (Å²) in [5, 5.41) is 0.343. The van der Waals surface area contributed by atoms with Crippen molar-refractivity contribution in [2.24, 2.45) is 0 Å². The molecule has 3 rings (SSSR count). The van der Waals surface area contributed by atoms with Gasteiger partial charge in [-0.25, -0.2) is 0 Å². The van der Waals surface area contributed by atoms with E-state index in [0.717, 1.165) is 5.69 Å². The Hall–Kier alpha value is -1.24. The predicted octanol–water partition coefficient (Wildman–Crippen LogP) is 2.74. The Balaban J connectivity index is 1.84. The molecule has 21 heavy (non-hydrogen) atoms. The highest BCUT2D eigenvalue weighted by molar-refractivity contribution is 8.00. The molecule has 1 N–H and O–H groups in total. The van der Waals surface area contributed by atoms with Crippen molar-refractivity contribution in [2.75, 3.05) is 17.2 Å². The molecule has 0 fully saturated rings. The standard InChI is InChI=1S/C15H17NO3S2/c17-21(18,19)11-5-10-16-12-6-1-3-8-14(12)20-15-9-4-2-7-13(15)16/h1-4,6-9,12,14H,5,10-11H2,(H,17,18,19). The first-order valence-electron chi connectivity index (χ1n) is 6.87. The lowest BCUT2D eigenvalue weighted by Gasteiger charge is -2.42. The van der Waals surface area contributed by atoms with E-state index in [1.807, 2.05) is 30.0 Å². The average Bonchev–Trinajstić information content (AvgIpc) is 2.45. The highest BCUT2D eigenvalue weighted by Crippen LogP contribution is 2.43. The number of thioether (sulfide) groups is 1. The molecule has 0 aromatic heterocycles. The third kappa shape index (κ3) is 3.33. The number of hydrogen-bond donors (Lipinski definition) is 1. The lowest BCUT2D eigenvalue weighted by Crippen LogP contribution is -2.44. The van der Waals surface area contributed by atoms with Gasteiger partial charge >= 0.3 is 0 Å². The Kier molecular flexibility index (Phi) is 4.10. The molecule has 1 aliphatic carbocycles. The summed E-state index contributed by atoms with van der Waals surface area (Å²) in [5.74, 6) is -0.199. The van der Waals surface area contributed by atoms with Gasteiger partial charge in [0.2, 0.25) is 0 Å². The molecule has 2 aliphatic rings. The minimum absolute atomic E-state index is 0.199. The van der Waals surface area contributed by atoms with Crippen LogP contribution >= 0.6 is 11.8 Å². The molecule has 1 aromatic carbocycles. The van der Waals surface area contributed by atoms with Gasteiger partial charge < -0.3 is 4.90 Å². The Labute approximate surface area is 129 Å². The van der Waals surface area contributed by atoms with Crippen molar-refractivity contribution >= 4 is 27.6 Å². The maximum atomic E-state index is 10.9. The zero-order chi connectivity index (χ0) is 14.9. The summed E-state index contributed by atoms with van der Waals surface area (Å²) >= 11 is 1.84. The van der Waals surface area contributed by atoms with Crippen molar-refractivity contribution in [3.63, 3.8) is 0 Å². The van der Waals surface area contributed by atoms with Crippen LogP contribution in [0.4, 0.5) is 5.69 Å². The van der Waals surface area contributed by atoms with Crippen molar-refractivity contribution in [3.05, 3.63) is 48.6 Å². The molecule has 1 aliphatic heterocycles. The summed E-state index contributed by atoms with van der Waals surface area (Å²) in [4.78, 5) is 3.45. The molecule has 4 nitrogen and oxygen atoms in total. The van der Waals surface area contributed by atoms with E-state index in [1.54, 1.807) is 0 Å². The van der Waals surface area contributed by atoms with Crippen LogP contribution < -0.4 is 4.90 Å². The highest BCUT2D eigenvalue weighted by Gasteiger charge is 2.32. The van der Waals surface area contributed by atoms with Gasteiger partial charge in [0, 0.05) is 11.4 Å². The molecule has 0 spiro atoms. The number of nitrogens with zero attached hydrogens (tertiary/aromatic N) is 1. The zero-order valence-electron chi connectivity index (χ0n) is 11.4. The molecular weight excluding hydrogens is 306 g/mol. The number of allylic oxidation sites excluding steroid dienone is 2. The first kappa shape index (κ1) is 14.7. The van der Waals surface area contributed by atoms with E-state index in [1.165, 1.54) is 4.90 Å². The minimum atomic E-state index is -3.90. The predicted molar refractivity (Wildman–Crippen MR) is 86.5 cm³/mol.